The number of methoxy groups -OCH3 is 1. The molecule has 96 valence electrons. The van der Waals surface area contributed by atoms with Gasteiger partial charge in [-0.2, -0.15) is 0 Å². The van der Waals surface area contributed by atoms with Crippen LogP contribution in [0.15, 0.2) is 0 Å². The second kappa shape index (κ2) is 8.08. The van der Waals surface area contributed by atoms with Crippen molar-refractivity contribution in [2.75, 3.05) is 26.8 Å². The lowest BCUT2D eigenvalue weighted by atomic mass is 9.70. The van der Waals surface area contributed by atoms with Gasteiger partial charge >= 0.3 is 0 Å². The van der Waals surface area contributed by atoms with Gasteiger partial charge in [-0.05, 0) is 50.6 Å². The van der Waals surface area contributed by atoms with Gasteiger partial charge < -0.3 is 10.1 Å². The van der Waals surface area contributed by atoms with Gasteiger partial charge in [-0.15, -0.1) is 0 Å². The Bertz CT molecular complexity index is 164. The summed E-state index contributed by atoms with van der Waals surface area (Å²) >= 11 is 0. The summed E-state index contributed by atoms with van der Waals surface area (Å²) in [5.41, 5.74) is 0.592. The first-order chi connectivity index (χ1) is 7.83. The molecule has 0 unspecified atom stereocenters. The van der Waals surface area contributed by atoms with Crippen LogP contribution in [0.3, 0.4) is 0 Å². The van der Waals surface area contributed by atoms with E-state index in [1.807, 2.05) is 7.11 Å². The zero-order valence-corrected chi connectivity index (χ0v) is 11.2. The Labute approximate surface area is 101 Å². The molecule has 1 fully saturated rings. The molecule has 0 aromatic heterocycles. The predicted octanol–water partition coefficient (Wildman–Crippen LogP) is 3.36. The number of hydrogen-bond acceptors (Lipinski definition) is 2. The van der Waals surface area contributed by atoms with Crippen LogP contribution in [0.1, 0.15) is 58.3 Å². The summed E-state index contributed by atoms with van der Waals surface area (Å²) in [5, 5.41) is 3.54. The molecule has 0 aromatic carbocycles. The first-order valence-corrected chi connectivity index (χ1v) is 7.03. The molecule has 1 rings (SSSR count). The van der Waals surface area contributed by atoms with Crippen LogP contribution < -0.4 is 5.32 Å². The third-order valence-corrected chi connectivity index (χ3v) is 4.01. The molecule has 2 nitrogen and oxygen atoms in total. The fraction of sp³-hybridized carbons (Fsp3) is 1.00. The summed E-state index contributed by atoms with van der Waals surface area (Å²) in [5.74, 6) is 0. The maximum absolute atomic E-state index is 5.28. The molecule has 1 aliphatic rings. The second-order valence-corrected chi connectivity index (χ2v) is 5.30. The molecule has 0 bridgehead atoms. The van der Waals surface area contributed by atoms with E-state index in [2.05, 4.69) is 12.2 Å². The van der Waals surface area contributed by atoms with Gasteiger partial charge in [0, 0.05) is 13.7 Å². The van der Waals surface area contributed by atoms with Gasteiger partial charge in [0.25, 0.3) is 0 Å². The number of nitrogens with one attached hydrogen (secondary N) is 1. The normalized spacial score (nSPS) is 19.9. The molecule has 1 aliphatic carbocycles. The molecule has 0 radical (unpaired) electrons. The van der Waals surface area contributed by atoms with Crippen LogP contribution in [0.5, 0.6) is 0 Å². The fourth-order valence-electron chi connectivity index (χ4n) is 2.90. The van der Waals surface area contributed by atoms with E-state index in [0.29, 0.717) is 5.41 Å². The van der Waals surface area contributed by atoms with Crippen molar-refractivity contribution in [1.29, 1.82) is 0 Å². The van der Waals surface area contributed by atoms with E-state index in [4.69, 9.17) is 4.74 Å². The Kier molecular flexibility index (Phi) is 7.06. The van der Waals surface area contributed by atoms with Gasteiger partial charge in [0.2, 0.25) is 0 Å². The van der Waals surface area contributed by atoms with E-state index >= 15 is 0 Å². The number of ether oxygens (including phenoxy) is 1. The van der Waals surface area contributed by atoms with Crippen molar-refractivity contribution in [1.82, 2.24) is 5.32 Å². The summed E-state index contributed by atoms with van der Waals surface area (Å²) in [6, 6.07) is 0. The molecule has 0 atom stereocenters. The molecule has 0 amide bonds. The summed E-state index contributed by atoms with van der Waals surface area (Å²) in [6.45, 7) is 5.53. The predicted molar refractivity (Wildman–Crippen MR) is 69.8 cm³/mol. The van der Waals surface area contributed by atoms with Crippen molar-refractivity contribution in [2.45, 2.75) is 58.3 Å². The summed E-state index contributed by atoms with van der Waals surface area (Å²) in [7, 11) is 1.83. The first-order valence-electron chi connectivity index (χ1n) is 7.03. The van der Waals surface area contributed by atoms with Crippen LogP contribution in [-0.2, 0) is 4.74 Å². The quantitative estimate of drug-likeness (QED) is 0.642. The van der Waals surface area contributed by atoms with Crippen molar-refractivity contribution in [3.05, 3.63) is 0 Å². The Hall–Kier alpha value is -0.0800. The van der Waals surface area contributed by atoms with Crippen LogP contribution in [0.4, 0.5) is 0 Å². The van der Waals surface area contributed by atoms with E-state index in [9.17, 15) is 0 Å². The van der Waals surface area contributed by atoms with Gasteiger partial charge in [-0.3, -0.25) is 0 Å². The number of hydrogen-bond donors (Lipinski definition) is 1. The highest BCUT2D eigenvalue weighted by molar-refractivity contribution is 4.83. The first kappa shape index (κ1) is 14.0. The zero-order chi connectivity index (χ0) is 11.7. The second-order valence-electron chi connectivity index (χ2n) is 5.30. The zero-order valence-electron chi connectivity index (χ0n) is 11.2. The molecule has 0 saturated heterocycles. The third-order valence-electron chi connectivity index (χ3n) is 4.01. The Morgan fingerprint density at radius 3 is 2.44 bits per heavy atom. The fourth-order valence-corrected chi connectivity index (χ4v) is 2.90. The molecule has 1 N–H and O–H groups in total. The molecule has 16 heavy (non-hydrogen) atoms. The number of rotatable bonds is 8. The molecule has 0 aliphatic heterocycles. The summed E-state index contributed by atoms with van der Waals surface area (Å²) in [6.07, 6.45) is 11.0. The Morgan fingerprint density at radius 1 is 1.06 bits per heavy atom. The average Bonchev–Trinajstić information content (AvgIpc) is 2.34. The van der Waals surface area contributed by atoms with Crippen LogP contribution in [0, 0.1) is 5.41 Å². The summed E-state index contributed by atoms with van der Waals surface area (Å²) < 4.78 is 5.28. The lowest BCUT2D eigenvalue weighted by molar-refractivity contribution is 0.0946. The van der Waals surface area contributed by atoms with Gasteiger partial charge in [0.1, 0.15) is 0 Å². The highest BCUT2D eigenvalue weighted by Crippen LogP contribution is 2.41. The van der Waals surface area contributed by atoms with E-state index in [1.54, 1.807) is 0 Å². The van der Waals surface area contributed by atoms with E-state index in [1.165, 1.54) is 64.5 Å². The van der Waals surface area contributed by atoms with Crippen molar-refractivity contribution >= 4 is 0 Å². The minimum absolute atomic E-state index is 0.592. The maximum atomic E-state index is 5.28. The molecular formula is C14H29NO. The van der Waals surface area contributed by atoms with Crippen molar-refractivity contribution in [3.63, 3.8) is 0 Å². The SMILES string of the molecule is CCCNCCC1(CCOC)CCCCC1. The van der Waals surface area contributed by atoms with E-state index < -0.39 is 0 Å². The highest BCUT2D eigenvalue weighted by Gasteiger charge is 2.30. The third kappa shape index (κ3) is 4.84. The molecular weight excluding hydrogens is 198 g/mol. The molecule has 1 saturated carbocycles. The van der Waals surface area contributed by atoms with Crippen molar-refractivity contribution in [2.24, 2.45) is 5.41 Å². The van der Waals surface area contributed by atoms with Gasteiger partial charge in [0.15, 0.2) is 0 Å². The molecule has 0 aromatic rings. The van der Waals surface area contributed by atoms with Crippen LogP contribution in [0.2, 0.25) is 0 Å². The van der Waals surface area contributed by atoms with Gasteiger partial charge in [-0.25, -0.2) is 0 Å². The lowest BCUT2D eigenvalue weighted by Crippen LogP contribution is -2.30. The van der Waals surface area contributed by atoms with Crippen LogP contribution in [0.25, 0.3) is 0 Å². The Morgan fingerprint density at radius 2 is 1.81 bits per heavy atom. The standard InChI is InChI=1S/C14H29NO/c1-3-11-15-12-9-14(10-13-16-2)7-5-4-6-8-14/h15H,3-13H2,1-2H3. The highest BCUT2D eigenvalue weighted by atomic mass is 16.5. The smallest absolute Gasteiger partial charge is 0.0467 e. The van der Waals surface area contributed by atoms with Crippen molar-refractivity contribution < 1.29 is 4.74 Å². The maximum Gasteiger partial charge on any atom is 0.0467 e. The Balaban J connectivity index is 2.30. The molecule has 0 spiro atoms. The largest absolute Gasteiger partial charge is 0.385 e. The van der Waals surface area contributed by atoms with Crippen LogP contribution >= 0.6 is 0 Å². The van der Waals surface area contributed by atoms with Crippen LogP contribution in [-0.4, -0.2) is 26.8 Å². The monoisotopic (exact) mass is 227 g/mol. The minimum atomic E-state index is 0.592. The van der Waals surface area contributed by atoms with Gasteiger partial charge in [-0.1, -0.05) is 26.2 Å². The average molecular weight is 227 g/mol. The molecule has 0 heterocycles. The topological polar surface area (TPSA) is 21.3 Å². The van der Waals surface area contributed by atoms with Gasteiger partial charge in [0.05, 0.1) is 0 Å². The molecule has 2 heteroatoms. The lowest BCUT2D eigenvalue weighted by Gasteiger charge is -2.37. The minimum Gasteiger partial charge on any atom is -0.385 e. The van der Waals surface area contributed by atoms with E-state index in [0.717, 1.165) is 6.61 Å². The summed E-state index contributed by atoms with van der Waals surface area (Å²) in [4.78, 5) is 0. The van der Waals surface area contributed by atoms with Crippen molar-refractivity contribution in [3.8, 4) is 0 Å². The van der Waals surface area contributed by atoms with E-state index in [-0.39, 0.29) is 0 Å².